The smallest absolute Gasteiger partial charge is 0.382 e. The number of carbonyl (C=O) groups excluding carboxylic acids is 1. The van der Waals surface area contributed by atoms with Crippen LogP contribution in [0, 0.1) is 0 Å². The van der Waals surface area contributed by atoms with Crippen LogP contribution < -0.4 is 11.1 Å². The molecule has 0 aliphatic rings. The Labute approximate surface area is 143 Å². The van der Waals surface area contributed by atoms with Crippen molar-refractivity contribution < 1.29 is 22.7 Å². The van der Waals surface area contributed by atoms with Gasteiger partial charge in [0.15, 0.2) is 0 Å². The number of alkyl halides is 3. The summed E-state index contributed by atoms with van der Waals surface area (Å²) in [6, 6.07) is 11.8. The molecule has 0 saturated heterocycles. The highest BCUT2D eigenvalue weighted by atomic mass is 19.4. The fraction of sp³-hybridized carbons (Fsp3) is 0.278. The van der Waals surface area contributed by atoms with Gasteiger partial charge in [-0.25, -0.2) is 0 Å². The van der Waals surface area contributed by atoms with Crippen LogP contribution in [-0.2, 0) is 15.7 Å². The molecule has 2 atom stereocenters. The maximum atomic E-state index is 12.9. The molecule has 0 aromatic heterocycles. The summed E-state index contributed by atoms with van der Waals surface area (Å²) < 4.78 is 43.7. The summed E-state index contributed by atoms with van der Waals surface area (Å²) in [6.07, 6.45) is -4.46. The lowest BCUT2D eigenvalue weighted by Crippen LogP contribution is -2.38. The molecule has 1 amide bonds. The van der Waals surface area contributed by atoms with E-state index in [1.807, 2.05) is 0 Å². The molecule has 0 bridgehead atoms. The maximum absolute atomic E-state index is 12.9. The van der Waals surface area contributed by atoms with E-state index < -0.39 is 29.7 Å². The number of hydrogen-bond acceptors (Lipinski definition) is 3. The fourth-order valence-electron chi connectivity index (χ4n) is 2.39. The number of rotatable bonds is 6. The summed E-state index contributed by atoms with van der Waals surface area (Å²) in [5.74, 6) is -0.495. The van der Waals surface area contributed by atoms with Gasteiger partial charge in [0, 0.05) is 7.11 Å². The number of nitrogens with one attached hydrogen (secondary N) is 1. The van der Waals surface area contributed by atoms with Gasteiger partial charge in [0.1, 0.15) is 6.04 Å². The second kappa shape index (κ2) is 8.13. The van der Waals surface area contributed by atoms with Crippen molar-refractivity contribution in [3.05, 3.63) is 71.3 Å². The van der Waals surface area contributed by atoms with E-state index in [0.29, 0.717) is 11.1 Å². The molecule has 0 unspecified atom stereocenters. The molecule has 0 radical (unpaired) electrons. The number of ether oxygens (including phenoxy) is 1. The first-order valence-corrected chi connectivity index (χ1v) is 7.60. The van der Waals surface area contributed by atoms with E-state index in [4.69, 9.17) is 10.5 Å². The summed E-state index contributed by atoms with van der Waals surface area (Å²) in [4.78, 5) is 12.4. The number of nitrogens with two attached hydrogens (primary N) is 1. The molecule has 2 rings (SSSR count). The van der Waals surface area contributed by atoms with E-state index in [2.05, 4.69) is 5.32 Å². The van der Waals surface area contributed by atoms with Crippen molar-refractivity contribution in [1.82, 2.24) is 5.32 Å². The van der Waals surface area contributed by atoms with Crippen LogP contribution >= 0.6 is 0 Å². The monoisotopic (exact) mass is 352 g/mol. The molecule has 0 saturated carbocycles. The maximum Gasteiger partial charge on any atom is 0.416 e. The van der Waals surface area contributed by atoms with Gasteiger partial charge in [-0.05, 0) is 23.3 Å². The van der Waals surface area contributed by atoms with Gasteiger partial charge in [-0.3, -0.25) is 4.79 Å². The lowest BCUT2D eigenvalue weighted by Gasteiger charge is -2.22. The Morgan fingerprint density at radius 1 is 1.12 bits per heavy atom. The Morgan fingerprint density at radius 3 is 2.36 bits per heavy atom. The van der Waals surface area contributed by atoms with Crippen molar-refractivity contribution in [2.24, 2.45) is 5.73 Å². The normalized spacial score (nSPS) is 14.0. The molecule has 0 aliphatic carbocycles. The molecular weight excluding hydrogens is 333 g/mol. The van der Waals surface area contributed by atoms with Crippen molar-refractivity contribution in [1.29, 1.82) is 0 Å². The lowest BCUT2D eigenvalue weighted by molar-refractivity contribution is -0.137. The average Bonchev–Trinajstić information content (AvgIpc) is 2.60. The topological polar surface area (TPSA) is 64.3 Å². The zero-order valence-corrected chi connectivity index (χ0v) is 13.6. The minimum Gasteiger partial charge on any atom is -0.382 e. The first-order chi connectivity index (χ1) is 11.8. The van der Waals surface area contributed by atoms with Crippen molar-refractivity contribution in [2.75, 3.05) is 13.7 Å². The minimum atomic E-state index is -4.46. The summed E-state index contributed by atoms with van der Waals surface area (Å²) in [5, 5.41) is 2.65. The fourth-order valence-corrected chi connectivity index (χ4v) is 2.39. The SMILES string of the molecule is COC[C@@H](NC(=O)[C@H](N)c1ccccc1)c1cccc(C(F)(F)F)c1. The first kappa shape index (κ1) is 19.0. The highest BCUT2D eigenvalue weighted by Gasteiger charge is 2.31. The van der Waals surface area contributed by atoms with Crippen LogP contribution in [0.2, 0.25) is 0 Å². The van der Waals surface area contributed by atoms with Crippen molar-refractivity contribution >= 4 is 5.91 Å². The Balaban J connectivity index is 2.20. The van der Waals surface area contributed by atoms with Crippen LogP contribution in [0.15, 0.2) is 54.6 Å². The second-order valence-electron chi connectivity index (χ2n) is 5.53. The minimum absolute atomic E-state index is 0.0224. The van der Waals surface area contributed by atoms with Gasteiger partial charge < -0.3 is 15.8 Å². The zero-order chi connectivity index (χ0) is 18.4. The molecular formula is C18H19F3N2O2. The van der Waals surface area contributed by atoms with Gasteiger partial charge >= 0.3 is 6.18 Å². The third kappa shape index (κ3) is 5.04. The molecule has 25 heavy (non-hydrogen) atoms. The summed E-state index contributed by atoms with van der Waals surface area (Å²) in [7, 11) is 1.41. The lowest BCUT2D eigenvalue weighted by atomic mass is 10.0. The molecule has 2 aromatic rings. The number of carbonyl (C=O) groups is 1. The number of benzene rings is 2. The van der Waals surface area contributed by atoms with Gasteiger partial charge in [0.25, 0.3) is 0 Å². The largest absolute Gasteiger partial charge is 0.416 e. The Kier molecular flexibility index (Phi) is 6.17. The molecule has 0 aliphatic heterocycles. The average molecular weight is 352 g/mol. The number of methoxy groups -OCH3 is 1. The molecule has 4 nitrogen and oxygen atoms in total. The molecule has 3 N–H and O–H groups in total. The molecule has 2 aromatic carbocycles. The molecule has 134 valence electrons. The van der Waals surface area contributed by atoms with E-state index in [9.17, 15) is 18.0 Å². The van der Waals surface area contributed by atoms with Crippen molar-refractivity contribution in [3.63, 3.8) is 0 Å². The van der Waals surface area contributed by atoms with Gasteiger partial charge in [-0.2, -0.15) is 13.2 Å². The zero-order valence-electron chi connectivity index (χ0n) is 13.6. The van der Waals surface area contributed by atoms with Gasteiger partial charge in [-0.15, -0.1) is 0 Å². The summed E-state index contributed by atoms with van der Waals surface area (Å²) in [5.41, 5.74) is 6.05. The van der Waals surface area contributed by atoms with E-state index in [1.54, 1.807) is 30.3 Å². The van der Waals surface area contributed by atoms with Gasteiger partial charge in [0.05, 0.1) is 18.2 Å². The molecule has 0 heterocycles. The number of halogens is 3. The van der Waals surface area contributed by atoms with Crippen LogP contribution in [-0.4, -0.2) is 19.6 Å². The van der Waals surface area contributed by atoms with Crippen molar-refractivity contribution in [3.8, 4) is 0 Å². The van der Waals surface area contributed by atoms with E-state index >= 15 is 0 Å². The quantitative estimate of drug-likeness (QED) is 0.839. The molecule has 0 fully saturated rings. The predicted molar refractivity (Wildman–Crippen MR) is 87.6 cm³/mol. The van der Waals surface area contributed by atoms with Crippen LogP contribution in [0.3, 0.4) is 0 Å². The Bertz CT molecular complexity index is 705. The standard InChI is InChI=1S/C18H19F3N2O2/c1-25-11-15(13-8-5-9-14(10-13)18(19,20)21)23-17(24)16(22)12-6-3-2-4-7-12/h2-10,15-16H,11,22H2,1H3,(H,23,24)/t15-,16-/m1/s1. The third-order valence-corrected chi connectivity index (χ3v) is 3.71. The number of amides is 1. The van der Waals surface area contributed by atoms with Crippen molar-refractivity contribution in [2.45, 2.75) is 18.3 Å². The van der Waals surface area contributed by atoms with E-state index in [-0.39, 0.29) is 6.61 Å². The van der Waals surface area contributed by atoms with Crippen LogP contribution in [0.4, 0.5) is 13.2 Å². The summed E-state index contributed by atoms with van der Waals surface area (Å²) >= 11 is 0. The molecule has 7 heteroatoms. The second-order valence-corrected chi connectivity index (χ2v) is 5.53. The first-order valence-electron chi connectivity index (χ1n) is 7.60. The number of hydrogen-bond donors (Lipinski definition) is 2. The van der Waals surface area contributed by atoms with Gasteiger partial charge in [-0.1, -0.05) is 42.5 Å². The Hall–Kier alpha value is -2.38. The van der Waals surface area contributed by atoms with Crippen LogP contribution in [0.25, 0.3) is 0 Å². The highest BCUT2D eigenvalue weighted by molar-refractivity contribution is 5.83. The van der Waals surface area contributed by atoms with E-state index in [1.165, 1.54) is 19.2 Å². The van der Waals surface area contributed by atoms with Crippen LogP contribution in [0.5, 0.6) is 0 Å². The van der Waals surface area contributed by atoms with Crippen LogP contribution in [0.1, 0.15) is 28.8 Å². The van der Waals surface area contributed by atoms with Gasteiger partial charge in [0.2, 0.25) is 5.91 Å². The molecule has 0 spiro atoms. The summed E-state index contributed by atoms with van der Waals surface area (Å²) in [6.45, 7) is 0.0224. The van der Waals surface area contributed by atoms with E-state index in [0.717, 1.165) is 12.1 Å². The third-order valence-electron chi connectivity index (χ3n) is 3.71. The predicted octanol–water partition coefficient (Wildman–Crippen LogP) is 3.21. The Morgan fingerprint density at radius 2 is 1.76 bits per heavy atom. The highest BCUT2D eigenvalue weighted by Crippen LogP contribution is 2.31.